The lowest BCUT2D eigenvalue weighted by atomic mass is 10.1. The lowest BCUT2D eigenvalue weighted by Gasteiger charge is -2.33. The molecule has 0 N–H and O–H groups in total. The first kappa shape index (κ1) is 25.5. The SMILES string of the molecule is CCN1CCN(C(=O)c2ccc(CN3C(=O)COc4ccc(C(=O)COc5cccc(F)c5)cc43)o2)CC1. The molecule has 1 fully saturated rings. The van der Waals surface area contributed by atoms with Gasteiger partial charge in [0.25, 0.3) is 11.8 Å². The molecule has 1 saturated heterocycles. The van der Waals surface area contributed by atoms with Crippen LogP contribution in [0.4, 0.5) is 10.1 Å². The molecule has 0 aliphatic carbocycles. The van der Waals surface area contributed by atoms with Gasteiger partial charge in [0.1, 0.15) is 23.1 Å². The van der Waals surface area contributed by atoms with Gasteiger partial charge in [-0.05, 0) is 49.0 Å². The molecular formula is C28H28FN3O6. The summed E-state index contributed by atoms with van der Waals surface area (Å²) in [6.45, 7) is 5.59. The number of furan rings is 1. The zero-order valence-corrected chi connectivity index (χ0v) is 21.0. The topological polar surface area (TPSA) is 92.5 Å². The van der Waals surface area contributed by atoms with Crippen molar-refractivity contribution >= 4 is 23.3 Å². The maximum Gasteiger partial charge on any atom is 0.289 e. The van der Waals surface area contributed by atoms with Crippen LogP contribution in [0.2, 0.25) is 0 Å². The molecule has 5 rings (SSSR count). The Morgan fingerprint density at radius 1 is 1.03 bits per heavy atom. The van der Waals surface area contributed by atoms with Crippen LogP contribution in [-0.4, -0.2) is 73.3 Å². The van der Waals surface area contributed by atoms with Gasteiger partial charge in [0.15, 0.2) is 24.8 Å². The van der Waals surface area contributed by atoms with Crippen LogP contribution >= 0.6 is 0 Å². The number of fused-ring (bicyclic) bond motifs is 1. The molecule has 0 spiro atoms. The standard InChI is InChI=1S/C28H28FN3O6/c1-2-30-10-12-31(13-11-30)28(35)26-9-7-22(38-26)16-32-23-14-19(6-8-25(23)37-18-27(32)34)24(33)17-36-21-5-3-4-20(29)15-21/h3-9,14-15H,2,10-13,16-18H2,1H3. The molecule has 3 aromatic rings. The molecule has 3 heterocycles. The second kappa shape index (κ2) is 11.1. The first-order chi connectivity index (χ1) is 18.4. The van der Waals surface area contributed by atoms with Gasteiger partial charge in [-0.2, -0.15) is 0 Å². The van der Waals surface area contributed by atoms with Crippen molar-refractivity contribution in [2.24, 2.45) is 0 Å². The smallest absolute Gasteiger partial charge is 0.289 e. The second-order valence-corrected chi connectivity index (χ2v) is 9.11. The molecule has 2 amide bonds. The lowest BCUT2D eigenvalue weighted by molar-refractivity contribution is -0.121. The molecule has 2 aromatic carbocycles. The third-order valence-corrected chi connectivity index (χ3v) is 6.68. The molecule has 9 nitrogen and oxygen atoms in total. The Kier molecular flexibility index (Phi) is 7.41. The van der Waals surface area contributed by atoms with E-state index in [-0.39, 0.29) is 48.9 Å². The number of halogens is 1. The molecular weight excluding hydrogens is 493 g/mol. The summed E-state index contributed by atoms with van der Waals surface area (Å²) in [5.41, 5.74) is 0.725. The molecule has 10 heteroatoms. The number of ketones is 1. The van der Waals surface area contributed by atoms with Gasteiger partial charge in [0.05, 0.1) is 12.2 Å². The average molecular weight is 522 g/mol. The number of amides is 2. The molecule has 2 aliphatic heterocycles. The Morgan fingerprint density at radius 2 is 1.84 bits per heavy atom. The largest absolute Gasteiger partial charge is 0.485 e. The normalized spacial score (nSPS) is 15.7. The summed E-state index contributed by atoms with van der Waals surface area (Å²) in [7, 11) is 0. The fourth-order valence-electron chi connectivity index (χ4n) is 4.49. The highest BCUT2D eigenvalue weighted by Crippen LogP contribution is 2.34. The monoisotopic (exact) mass is 521 g/mol. The van der Waals surface area contributed by atoms with Crippen molar-refractivity contribution in [3.63, 3.8) is 0 Å². The molecule has 0 unspecified atom stereocenters. The van der Waals surface area contributed by atoms with Gasteiger partial charge in [-0.15, -0.1) is 0 Å². The fraction of sp³-hybridized carbons (Fsp3) is 0.321. The van der Waals surface area contributed by atoms with E-state index in [0.29, 0.717) is 35.9 Å². The van der Waals surface area contributed by atoms with Gasteiger partial charge in [0, 0.05) is 37.8 Å². The van der Waals surface area contributed by atoms with Crippen LogP contribution in [0.1, 0.15) is 33.6 Å². The minimum atomic E-state index is -0.461. The van der Waals surface area contributed by atoms with Crippen LogP contribution in [0.5, 0.6) is 11.5 Å². The third-order valence-electron chi connectivity index (χ3n) is 6.68. The molecule has 2 aliphatic rings. The first-order valence-corrected chi connectivity index (χ1v) is 12.5. The Balaban J connectivity index is 1.28. The number of anilines is 1. The minimum Gasteiger partial charge on any atom is -0.485 e. The highest BCUT2D eigenvalue weighted by molar-refractivity contribution is 6.02. The Bertz CT molecular complexity index is 1350. The van der Waals surface area contributed by atoms with Gasteiger partial charge < -0.3 is 23.7 Å². The van der Waals surface area contributed by atoms with Crippen molar-refractivity contribution < 1.29 is 32.7 Å². The van der Waals surface area contributed by atoms with Crippen LogP contribution in [0.25, 0.3) is 0 Å². The zero-order valence-electron chi connectivity index (χ0n) is 21.0. The van der Waals surface area contributed by atoms with E-state index in [2.05, 4.69) is 11.8 Å². The predicted molar refractivity (Wildman–Crippen MR) is 136 cm³/mol. The quantitative estimate of drug-likeness (QED) is 0.420. The average Bonchev–Trinajstić information content (AvgIpc) is 3.41. The number of benzene rings is 2. The van der Waals surface area contributed by atoms with Gasteiger partial charge in [-0.25, -0.2) is 4.39 Å². The summed E-state index contributed by atoms with van der Waals surface area (Å²) < 4.78 is 30.2. The summed E-state index contributed by atoms with van der Waals surface area (Å²) in [4.78, 5) is 44.0. The van der Waals surface area contributed by atoms with E-state index in [1.807, 2.05) is 0 Å². The van der Waals surface area contributed by atoms with Crippen molar-refractivity contribution in [2.75, 3.05) is 50.8 Å². The molecule has 198 valence electrons. The van der Waals surface area contributed by atoms with E-state index < -0.39 is 5.82 Å². The minimum absolute atomic E-state index is 0.0729. The van der Waals surface area contributed by atoms with Gasteiger partial charge in [-0.1, -0.05) is 13.0 Å². The maximum absolute atomic E-state index is 13.4. The number of Topliss-reactive ketones (excluding diaryl/α,β-unsaturated/α-hetero) is 1. The predicted octanol–water partition coefficient (Wildman–Crippen LogP) is 3.38. The van der Waals surface area contributed by atoms with Crippen molar-refractivity contribution in [3.05, 3.63) is 77.5 Å². The molecule has 0 saturated carbocycles. The third kappa shape index (κ3) is 5.55. The highest BCUT2D eigenvalue weighted by atomic mass is 19.1. The number of likely N-dealkylation sites (N-methyl/N-ethyl adjacent to an activating group) is 1. The summed E-state index contributed by atoms with van der Waals surface area (Å²) >= 11 is 0. The van der Waals surface area contributed by atoms with E-state index in [0.717, 1.165) is 19.6 Å². The van der Waals surface area contributed by atoms with Gasteiger partial charge >= 0.3 is 0 Å². The van der Waals surface area contributed by atoms with Gasteiger partial charge in [0.2, 0.25) is 0 Å². The van der Waals surface area contributed by atoms with E-state index in [1.54, 1.807) is 41.3 Å². The molecule has 38 heavy (non-hydrogen) atoms. The van der Waals surface area contributed by atoms with E-state index in [9.17, 15) is 18.8 Å². The maximum atomic E-state index is 13.4. The van der Waals surface area contributed by atoms with Crippen LogP contribution < -0.4 is 14.4 Å². The van der Waals surface area contributed by atoms with Crippen LogP contribution in [0, 0.1) is 5.82 Å². The number of rotatable bonds is 8. The van der Waals surface area contributed by atoms with Crippen LogP contribution in [0.3, 0.4) is 0 Å². The van der Waals surface area contributed by atoms with E-state index in [1.165, 1.54) is 23.1 Å². The molecule has 0 radical (unpaired) electrons. The molecule has 0 atom stereocenters. The summed E-state index contributed by atoms with van der Waals surface area (Å²) in [6.07, 6.45) is 0. The zero-order chi connectivity index (χ0) is 26.6. The van der Waals surface area contributed by atoms with Crippen LogP contribution in [0.15, 0.2) is 59.0 Å². The number of carbonyl (C=O) groups is 3. The summed E-state index contributed by atoms with van der Waals surface area (Å²) in [5.74, 6) is 0.0684. The summed E-state index contributed by atoms with van der Waals surface area (Å²) in [6, 6.07) is 13.6. The summed E-state index contributed by atoms with van der Waals surface area (Å²) in [5, 5.41) is 0. The molecule has 0 bridgehead atoms. The number of piperazine rings is 1. The van der Waals surface area contributed by atoms with Crippen molar-refractivity contribution in [2.45, 2.75) is 13.5 Å². The van der Waals surface area contributed by atoms with E-state index >= 15 is 0 Å². The van der Waals surface area contributed by atoms with Crippen molar-refractivity contribution in [3.8, 4) is 11.5 Å². The van der Waals surface area contributed by atoms with E-state index in [4.69, 9.17) is 13.9 Å². The number of carbonyl (C=O) groups excluding carboxylic acids is 3. The second-order valence-electron chi connectivity index (χ2n) is 9.11. The Labute approximate surface area is 219 Å². The number of ether oxygens (including phenoxy) is 2. The Morgan fingerprint density at radius 3 is 2.61 bits per heavy atom. The fourth-order valence-corrected chi connectivity index (χ4v) is 4.49. The van der Waals surface area contributed by atoms with Crippen molar-refractivity contribution in [1.29, 1.82) is 0 Å². The number of hydrogen-bond acceptors (Lipinski definition) is 7. The Hall–Kier alpha value is -4.18. The van der Waals surface area contributed by atoms with Crippen molar-refractivity contribution in [1.82, 2.24) is 9.80 Å². The number of nitrogens with zero attached hydrogens (tertiary/aromatic N) is 3. The highest BCUT2D eigenvalue weighted by Gasteiger charge is 2.29. The lowest BCUT2D eigenvalue weighted by Crippen LogP contribution is -2.48. The molecule has 1 aromatic heterocycles. The van der Waals surface area contributed by atoms with Crippen LogP contribution in [-0.2, 0) is 11.3 Å². The van der Waals surface area contributed by atoms with Gasteiger partial charge in [-0.3, -0.25) is 19.3 Å². The number of hydrogen-bond donors (Lipinski definition) is 0. The first-order valence-electron chi connectivity index (χ1n) is 12.5.